The average molecular weight is 279 g/mol. The first-order chi connectivity index (χ1) is 9.16. The first kappa shape index (κ1) is 14.1. The van der Waals surface area contributed by atoms with E-state index in [0.29, 0.717) is 0 Å². The molecule has 0 spiro atoms. The van der Waals surface area contributed by atoms with Gasteiger partial charge in [-0.05, 0) is 37.7 Å². The minimum absolute atomic E-state index is 0.0273. The Labute approximate surface area is 119 Å². The molecular formula is C15H19ClN2O. The highest BCUT2D eigenvalue weighted by atomic mass is 35.5. The molecule has 1 atom stereocenters. The molecule has 1 aromatic heterocycles. The normalized spacial score (nSPS) is 12.8. The molecule has 1 unspecified atom stereocenters. The van der Waals surface area contributed by atoms with Crippen LogP contribution < -0.4 is 5.73 Å². The molecule has 3 nitrogen and oxygen atoms in total. The lowest BCUT2D eigenvalue weighted by molar-refractivity contribution is 0.310. The molecule has 0 saturated carbocycles. The molecule has 0 aliphatic heterocycles. The van der Waals surface area contributed by atoms with E-state index in [9.17, 15) is 0 Å². The van der Waals surface area contributed by atoms with Crippen LogP contribution in [-0.2, 0) is 6.54 Å². The van der Waals surface area contributed by atoms with Crippen LogP contribution in [-0.4, -0.2) is 18.5 Å². The van der Waals surface area contributed by atoms with Gasteiger partial charge in [0.05, 0.1) is 12.5 Å². The van der Waals surface area contributed by atoms with Gasteiger partial charge in [0.25, 0.3) is 0 Å². The lowest BCUT2D eigenvalue weighted by Gasteiger charge is -2.19. The van der Waals surface area contributed by atoms with E-state index in [0.717, 1.165) is 30.1 Å². The molecule has 1 aromatic carbocycles. The van der Waals surface area contributed by atoms with Crippen LogP contribution in [0.15, 0.2) is 47.3 Å². The van der Waals surface area contributed by atoms with Crippen LogP contribution in [0.4, 0.5) is 0 Å². The molecule has 2 aromatic rings. The summed E-state index contributed by atoms with van der Waals surface area (Å²) in [5, 5.41) is 0.743. The predicted molar refractivity (Wildman–Crippen MR) is 78.0 cm³/mol. The molecule has 0 aliphatic rings. The van der Waals surface area contributed by atoms with Crippen LogP contribution in [0.25, 0.3) is 0 Å². The minimum Gasteiger partial charge on any atom is -0.472 e. The van der Waals surface area contributed by atoms with Crippen molar-refractivity contribution in [3.63, 3.8) is 0 Å². The number of benzene rings is 1. The number of nitrogens with zero attached hydrogens (tertiary/aromatic N) is 1. The number of hydrogen-bond donors (Lipinski definition) is 1. The highest BCUT2D eigenvalue weighted by Gasteiger charge is 2.11. The van der Waals surface area contributed by atoms with Crippen molar-refractivity contribution in [2.24, 2.45) is 5.73 Å². The summed E-state index contributed by atoms with van der Waals surface area (Å²) in [6, 6.07) is 9.71. The molecule has 0 bridgehead atoms. The third-order valence-corrected chi connectivity index (χ3v) is 3.50. The Bertz CT molecular complexity index is 499. The van der Waals surface area contributed by atoms with E-state index in [2.05, 4.69) is 11.9 Å². The summed E-state index contributed by atoms with van der Waals surface area (Å²) < 4.78 is 5.06. The maximum Gasteiger partial charge on any atom is 0.0947 e. The highest BCUT2D eigenvalue weighted by Crippen LogP contribution is 2.23. The van der Waals surface area contributed by atoms with Crippen molar-refractivity contribution in [1.29, 1.82) is 0 Å². The zero-order chi connectivity index (χ0) is 13.7. The molecular weight excluding hydrogens is 260 g/mol. The molecule has 0 fully saturated rings. The van der Waals surface area contributed by atoms with Gasteiger partial charge in [0, 0.05) is 23.2 Å². The van der Waals surface area contributed by atoms with Gasteiger partial charge in [0.2, 0.25) is 0 Å². The highest BCUT2D eigenvalue weighted by molar-refractivity contribution is 6.31. The summed E-state index contributed by atoms with van der Waals surface area (Å²) in [5.41, 5.74) is 8.38. The Hall–Kier alpha value is -1.29. The molecule has 102 valence electrons. The molecule has 0 radical (unpaired) electrons. The largest absolute Gasteiger partial charge is 0.472 e. The first-order valence-electron chi connectivity index (χ1n) is 6.36. The van der Waals surface area contributed by atoms with Crippen LogP contribution in [0.2, 0.25) is 5.02 Å². The summed E-state index contributed by atoms with van der Waals surface area (Å²) in [5.74, 6) is 0. The molecule has 0 amide bonds. The van der Waals surface area contributed by atoms with E-state index in [1.54, 1.807) is 12.5 Å². The average Bonchev–Trinajstić information content (AvgIpc) is 2.89. The standard InChI is InChI=1S/C15H19ClN2O/c1-18(10-12-7-9-19-11-12)8-6-15(17)13-4-2-3-5-14(13)16/h2-5,7,9,11,15H,6,8,10,17H2,1H3. The Morgan fingerprint density at radius 2 is 2.11 bits per heavy atom. The van der Waals surface area contributed by atoms with Gasteiger partial charge in [-0.2, -0.15) is 0 Å². The van der Waals surface area contributed by atoms with Crippen molar-refractivity contribution in [2.45, 2.75) is 19.0 Å². The third kappa shape index (κ3) is 4.10. The van der Waals surface area contributed by atoms with E-state index in [1.807, 2.05) is 30.3 Å². The van der Waals surface area contributed by atoms with Gasteiger partial charge in [-0.15, -0.1) is 0 Å². The third-order valence-electron chi connectivity index (χ3n) is 3.16. The van der Waals surface area contributed by atoms with E-state index < -0.39 is 0 Å². The zero-order valence-corrected chi connectivity index (χ0v) is 11.8. The van der Waals surface area contributed by atoms with Gasteiger partial charge in [0.1, 0.15) is 0 Å². The second-order valence-electron chi connectivity index (χ2n) is 4.79. The van der Waals surface area contributed by atoms with Gasteiger partial charge in [-0.1, -0.05) is 29.8 Å². The van der Waals surface area contributed by atoms with Crippen LogP contribution >= 0.6 is 11.6 Å². The second kappa shape index (κ2) is 6.75. The summed E-state index contributed by atoms with van der Waals surface area (Å²) >= 11 is 6.14. The van der Waals surface area contributed by atoms with Crippen molar-refractivity contribution < 1.29 is 4.42 Å². The van der Waals surface area contributed by atoms with Crippen LogP contribution in [0.5, 0.6) is 0 Å². The maximum absolute atomic E-state index is 6.19. The fourth-order valence-corrected chi connectivity index (χ4v) is 2.34. The fourth-order valence-electron chi connectivity index (χ4n) is 2.06. The quantitative estimate of drug-likeness (QED) is 0.880. The molecule has 1 heterocycles. The zero-order valence-electron chi connectivity index (χ0n) is 11.1. The Morgan fingerprint density at radius 1 is 1.32 bits per heavy atom. The monoisotopic (exact) mass is 278 g/mol. The van der Waals surface area contributed by atoms with Gasteiger partial charge in [-0.3, -0.25) is 0 Å². The number of hydrogen-bond acceptors (Lipinski definition) is 3. The van der Waals surface area contributed by atoms with Crippen molar-refractivity contribution in [3.05, 3.63) is 59.0 Å². The number of nitrogens with two attached hydrogens (primary N) is 1. The number of halogens is 1. The molecule has 4 heteroatoms. The first-order valence-corrected chi connectivity index (χ1v) is 6.74. The second-order valence-corrected chi connectivity index (χ2v) is 5.19. The molecule has 19 heavy (non-hydrogen) atoms. The molecule has 0 aliphatic carbocycles. The van der Waals surface area contributed by atoms with Gasteiger partial charge in [-0.25, -0.2) is 0 Å². The summed E-state index contributed by atoms with van der Waals surface area (Å²) in [6.45, 7) is 1.78. The predicted octanol–water partition coefficient (Wildman–Crippen LogP) is 3.45. The van der Waals surface area contributed by atoms with Crippen molar-refractivity contribution >= 4 is 11.6 Å². The topological polar surface area (TPSA) is 42.4 Å². The molecule has 2 rings (SSSR count). The Kier molecular flexibility index (Phi) is 5.02. The summed E-state index contributed by atoms with van der Waals surface area (Å²) in [7, 11) is 2.08. The lowest BCUT2D eigenvalue weighted by atomic mass is 10.0. The van der Waals surface area contributed by atoms with E-state index in [4.69, 9.17) is 21.8 Å². The number of rotatable bonds is 6. The van der Waals surface area contributed by atoms with Crippen molar-refractivity contribution in [2.75, 3.05) is 13.6 Å². The van der Waals surface area contributed by atoms with Crippen molar-refractivity contribution in [1.82, 2.24) is 4.90 Å². The molecule has 0 saturated heterocycles. The fraction of sp³-hybridized carbons (Fsp3) is 0.333. The summed E-state index contributed by atoms with van der Waals surface area (Å²) in [4.78, 5) is 2.22. The Morgan fingerprint density at radius 3 is 2.79 bits per heavy atom. The lowest BCUT2D eigenvalue weighted by Crippen LogP contribution is -2.23. The van der Waals surface area contributed by atoms with E-state index in [-0.39, 0.29) is 6.04 Å². The van der Waals surface area contributed by atoms with E-state index >= 15 is 0 Å². The van der Waals surface area contributed by atoms with Crippen LogP contribution in [0.1, 0.15) is 23.6 Å². The van der Waals surface area contributed by atoms with Crippen LogP contribution in [0.3, 0.4) is 0 Å². The smallest absolute Gasteiger partial charge is 0.0947 e. The van der Waals surface area contributed by atoms with Gasteiger partial charge >= 0.3 is 0 Å². The van der Waals surface area contributed by atoms with E-state index in [1.165, 1.54) is 5.56 Å². The van der Waals surface area contributed by atoms with Crippen LogP contribution in [0, 0.1) is 0 Å². The van der Waals surface area contributed by atoms with Gasteiger partial charge in [0.15, 0.2) is 0 Å². The SMILES string of the molecule is CN(CCC(N)c1ccccc1Cl)Cc1ccoc1. The Balaban J connectivity index is 1.83. The maximum atomic E-state index is 6.19. The molecule has 2 N–H and O–H groups in total. The van der Waals surface area contributed by atoms with Gasteiger partial charge < -0.3 is 15.1 Å². The minimum atomic E-state index is -0.0273. The number of furan rings is 1. The van der Waals surface area contributed by atoms with Crippen molar-refractivity contribution in [3.8, 4) is 0 Å². The summed E-state index contributed by atoms with van der Waals surface area (Å²) in [6.07, 6.45) is 4.33.